The van der Waals surface area contributed by atoms with E-state index in [0.29, 0.717) is 19.4 Å². The first kappa shape index (κ1) is 11.2. The zero-order valence-electron chi connectivity index (χ0n) is 9.35. The van der Waals surface area contributed by atoms with Gasteiger partial charge in [0.25, 0.3) is 0 Å². The zero-order valence-corrected chi connectivity index (χ0v) is 9.35. The second-order valence-corrected chi connectivity index (χ2v) is 4.99. The van der Waals surface area contributed by atoms with Gasteiger partial charge in [0.1, 0.15) is 11.2 Å². The lowest BCUT2D eigenvalue weighted by atomic mass is 9.83. The number of carbonyl (C=O) groups excluding carboxylic acids is 2. The Labute approximate surface area is 84.8 Å². The monoisotopic (exact) mass is 198 g/mol. The highest BCUT2D eigenvalue weighted by Gasteiger charge is 2.52. The van der Waals surface area contributed by atoms with Gasteiger partial charge in [-0.15, -0.1) is 0 Å². The summed E-state index contributed by atoms with van der Waals surface area (Å²) in [5, 5.41) is 0. The molecule has 0 aromatic rings. The first-order valence-corrected chi connectivity index (χ1v) is 5.02. The number of rotatable bonds is 2. The fourth-order valence-corrected chi connectivity index (χ4v) is 2.22. The van der Waals surface area contributed by atoms with Crippen LogP contribution in [0, 0.1) is 10.8 Å². The van der Waals surface area contributed by atoms with Gasteiger partial charge in [0.15, 0.2) is 0 Å². The summed E-state index contributed by atoms with van der Waals surface area (Å²) in [6, 6.07) is 0. The highest BCUT2D eigenvalue weighted by atomic mass is 16.5. The Bertz CT molecular complexity index is 268. The minimum atomic E-state index is -0.903. The topological polar surface area (TPSA) is 43.4 Å². The lowest BCUT2D eigenvalue weighted by molar-refractivity contribution is -0.157. The van der Waals surface area contributed by atoms with Gasteiger partial charge in [0.05, 0.1) is 6.61 Å². The Morgan fingerprint density at radius 3 is 2.36 bits per heavy atom. The quantitative estimate of drug-likeness (QED) is 0.503. The van der Waals surface area contributed by atoms with E-state index in [1.54, 1.807) is 13.8 Å². The van der Waals surface area contributed by atoms with E-state index in [0.717, 1.165) is 0 Å². The molecule has 0 spiro atoms. The molecule has 80 valence electrons. The van der Waals surface area contributed by atoms with Gasteiger partial charge in [-0.05, 0) is 25.7 Å². The second-order valence-electron chi connectivity index (χ2n) is 4.99. The minimum Gasteiger partial charge on any atom is -0.465 e. The molecule has 1 fully saturated rings. The lowest BCUT2D eigenvalue weighted by Crippen LogP contribution is -2.34. The van der Waals surface area contributed by atoms with Gasteiger partial charge in [0.2, 0.25) is 0 Å². The molecular formula is C11H18O3. The SMILES string of the molecule is CCOC(=O)C1(C)CC(C)(C)CC1=O. The van der Waals surface area contributed by atoms with Crippen molar-refractivity contribution in [1.29, 1.82) is 0 Å². The number of hydrogen-bond donors (Lipinski definition) is 0. The molecule has 0 aromatic heterocycles. The highest BCUT2D eigenvalue weighted by Crippen LogP contribution is 2.46. The van der Waals surface area contributed by atoms with Crippen molar-refractivity contribution >= 4 is 11.8 Å². The molecular weight excluding hydrogens is 180 g/mol. The van der Waals surface area contributed by atoms with E-state index in [-0.39, 0.29) is 17.2 Å². The molecule has 1 aliphatic rings. The average Bonchev–Trinajstić information content (AvgIpc) is 2.22. The molecule has 1 saturated carbocycles. The van der Waals surface area contributed by atoms with Gasteiger partial charge >= 0.3 is 5.97 Å². The van der Waals surface area contributed by atoms with Crippen LogP contribution in [0.1, 0.15) is 40.5 Å². The third-order valence-electron chi connectivity index (χ3n) is 2.81. The van der Waals surface area contributed by atoms with Crippen LogP contribution in [0.3, 0.4) is 0 Å². The molecule has 3 nitrogen and oxygen atoms in total. The maximum atomic E-state index is 11.7. The van der Waals surface area contributed by atoms with Crippen LogP contribution in [0.25, 0.3) is 0 Å². The van der Waals surface area contributed by atoms with E-state index >= 15 is 0 Å². The first-order chi connectivity index (χ1) is 6.32. The predicted molar refractivity (Wildman–Crippen MR) is 52.8 cm³/mol. The van der Waals surface area contributed by atoms with Crippen molar-refractivity contribution in [3.8, 4) is 0 Å². The van der Waals surface area contributed by atoms with Crippen molar-refractivity contribution < 1.29 is 14.3 Å². The molecule has 0 bridgehead atoms. The van der Waals surface area contributed by atoms with Crippen LogP contribution >= 0.6 is 0 Å². The molecule has 3 heteroatoms. The second kappa shape index (κ2) is 3.37. The van der Waals surface area contributed by atoms with Crippen LogP contribution in [0.5, 0.6) is 0 Å². The number of ketones is 1. The third kappa shape index (κ3) is 1.81. The minimum absolute atomic E-state index is 0.0148. The smallest absolute Gasteiger partial charge is 0.319 e. The Balaban J connectivity index is 2.85. The van der Waals surface area contributed by atoms with Crippen LogP contribution < -0.4 is 0 Å². The zero-order chi connectivity index (χ0) is 11.0. The number of carbonyl (C=O) groups is 2. The Morgan fingerprint density at radius 2 is 2.00 bits per heavy atom. The molecule has 0 aliphatic heterocycles. The van der Waals surface area contributed by atoms with Crippen molar-refractivity contribution in [2.75, 3.05) is 6.61 Å². The van der Waals surface area contributed by atoms with Gasteiger partial charge in [0, 0.05) is 6.42 Å². The van der Waals surface area contributed by atoms with Crippen molar-refractivity contribution in [2.24, 2.45) is 10.8 Å². The number of esters is 1. The summed E-state index contributed by atoms with van der Waals surface area (Å²) in [7, 11) is 0. The predicted octanol–water partition coefficient (Wildman–Crippen LogP) is 1.94. The average molecular weight is 198 g/mol. The van der Waals surface area contributed by atoms with E-state index < -0.39 is 5.41 Å². The highest BCUT2D eigenvalue weighted by molar-refractivity contribution is 6.05. The standard InChI is InChI=1S/C11H18O3/c1-5-14-9(13)11(4)7-10(2,3)6-8(11)12/h5-7H2,1-4H3. The normalized spacial score (nSPS) is 30.4. The number of Topliss-reactive ketones (excluding diaryl/α,β-unsaturated/α-hetero) is 1. The molecule has 0 aromatic carbocycles. The Kier molecular flexibility index (Phi) is 2.70. The molecule has 0 heterocycles. The molecule has 0 N–H and O–H groups in total. The van der Waals surface area contributed by atoms with Crippen LogP contribution in [0.4, 0.5) is 0 Å². The van der Waals surface area contributed by atoms with E-state index in [4.69, 9.17) is 4.74 Å². The van der Waals surface area contributed by atoms with Crippen molar-refractivity contribution in [2.45, 2.75) is 40.5 Å². The van der Waals surface area contributed by atoms with Crippen LogP contribution in [0.15, 0.2) is 0 Å². The van der Waals surface area contributed by atoms with E-state index in [9.17, 15) is 9.59 Å². The summed E-state index contributed by atoms with van der Waals surface area (Å²) in [4.78, 5) is 23.3. The van der Waals surface area contributed by atoms with Gasteiger partial charge in [-0.3, -0.25) is 9.59 Å². The molecule has 1 rings (SSSR count). The Hall–Kier alpha value is -0.860. The molecule has 0 saturated heterocycles. The van der Waals surface area contributed by atoms with E-state index in [2.05, 4.69) is 0 Å². The van der Waals surface area contributed by atoms with Crippen molar-refractivity contribution in [3.63, 3.8) is 0 Å². The maximum absolute atomic E-state index is 11.7. The Morgan fingerprint density at radius 1 is 1.43 bits per heavy atom. The van der Waals surface area contributed by atoms with E-state index in [1.165, 1.54) is 0 Å². The largest absolute Gasteiger partial charge is 0.465 e. The summed E-state index contributed by atoms with van der Waals surface area (Å²) in [5.74, 6) is -0.350. The number of hydrogen-bond acceptors (Lipinski definition) is 3. The lowest BCUT2D eigenvalue weighted by Gasteiger charge is -2.22. The van der Waals surface area contributed by atoms with Crippen LogP contribution in [-0.4, -0.2) is 18.4 Å². The van der Waals surface area contributed by atoms with E-state index in [1.807, 2.05) is 13.8 Å². The van der Waals surface area contributed by atoms with Crippen molar-refractivity contribution in [3.05, 3.63) is 0 Å². The summed E-state index contributed by atoms with van der Waals surface area (Å²) in [6.07, 6.45) is 1.07. The summed E-state index contributed by atoms with van der Waals surface area (Å²) < 4.78 is 4.93. The molecule has 1 unspecified atom stereocenters. The summed E-state index contributed by atoms with van der Waals surface area (Å²) in [5.41, 5.74) is -0.974. The summed E-state index contributed by atoms with van der Waals surface area (Å²) >= 11 is 0. The molecule has 1 aliphatic carbocycles. The van der Waals surface area contributed by atoms with Gasteiger partial charge in [-0.2, -0.15) is 0 Å². The van der Waals surface area contributed by atoms with Crippen molar-refractivity contribution in [1.82, 2.24) is 0 Å². The fraction of sp³-hybridized carbons (Fsp3) is 0.818. The van der Waals surface area contributed by atoms with Crippen LogP contribution in [0.2, 0.25) is 0 Å². The van der Waals surface area contributed by atoms with Gasteiger partial charge in [-0.1, -0.05) is 13.8 Å². The molecule has 0 amide bonds. The maximum Gasteiger partial charge on any atom is 0.319 e. The molecule has 14 heavy (non-hydrogen) atoms. The summed E-state index contributed by atoms with van der Waals surface area (Å²) in [6.45, 7) is 7.81. The van der Waals surface area contributed by atoms with Crippen LogP contribution in [-0.2, 0) is 14.3 Å². The molecule has 1 atom stereocenters. The van der Waals surface area contributed by atoms with Gasteiger partial charge < -0.3 is 4.74 Å². The first-order valence-electron chi connectivity index (χ1n) is 5.02. The molecule has 0 radical (unpaired) electrons. The fourth-order valence-electron chi connectivity index (χ4n) is 2.22. The van der Waals surface area contributed by atoms with Gasteiger partial charge in [-0.25, -0.2) is 0 Å². The number of ether oxygens (including phenoxy) is 1. The third-order valence-corrected chi connectivity index (χ3v) is 2.81.